The summed E-state index contributed by atoms with van der Waals surface area (Å²) >= 11 is 0. The second-order valence-electron chi connectivity index (χ2n) is 6.34. The number of aromatic hydroxyl groups is 1. The molecule has 0 aliphatic carbocycles. The molecular formula is C18H27N3O3. The molecule has 2 fully saturated rings. The molecule has 0 radical (unpaired) electrons. The van der Waals surface area contributed by atoms with Gasteiger partial charge in [0.05, 0.1) is 25.4 Å². The van der Waals surface area contributed by atoms with Gasteiger partial charge in [-0.2, -0.15) is 0 Å². The molecule has 0 aromatic heterocycles. The summed E-state index contributed by atoms with van der Waals surface area (Å²) in [6, 6.07) is 5.89. The SMILES string of the molecule is CCNC(=NCCc1cccc(OC)c1O)NC1CC2CCC1O2. The lowest BCUT2D eigenvalue weighted by atomic mass is 9.96. The number of phenolic OH excluding ortho intramolecular Hbond substituents is 1. The van der Waals surface area contributed by atoms with Crippen LogP contribution in [0.1, 0.15) is 31.7 Å². The standard InChI is InChI=1S/C18H27N3O3/c1-3-19-18(21-14-11-13-7-8-15(14)24-13)20-10-9-12-5-4-6-16(23-2)17(12)22/h4-6,13-15,22H,3,7-11H2,1-2H3,(H2,19,20,21). The lowest BCUT2D eigenvalue weighted by Gasteiger charge is -2.22. The van der Waals surface area contributed by atoms with Crippen LogP contribution in [0.5, 0.6) is 11.5 Å². The van der Waals surface area contributed by atoms with Gasteiger partial charge in [0, 0.05) is 13.1 Å². The van der Waals surface area contributed by atoms with E-state index in [1.807, 2.05) is 12.1 Å². The fourth-order valence-corrected chi connectivity index (χ4v) is 3.51. The number of nitrogens with zero attached hydrogens (tertiary/aromatic N) is 1. The van der Waals surface area contributed by atoms with Crippen molar-refractivity contribution in [3.8, 4) is 11.5 Å². The second kappa shape index (κ2) is 7.75. The Morgan fingerprint density at radius 2 is 2.29 bits per heavy atom. The number of rotatable bonds is 6. The van der Waals surface area contributed by atoms with Gasteiger partial charge < -0.3 is 25.2 Å². The molecule has 2 heterocycles. The number of hydrogen-bond acceptors (Lipinski definition) is 4. The fourth-order valence-electron chi connectivity index (χ4n) is 3.51. The molecule has 2 aliphatic heterocycles. The van der Waals surface area contributed by atoms with E-state index in [0.29, 0.717) is 37.0 Å². The van der Waals surface area contributed by atoms with Crippen LogP contribution in [0.4, 0.5) is 0 Å². The monoisotopic (exact) mass is 333 g/mol. The first-order valence-corrected chi connectivity index (χ1v) is 8.76. The number of phenols is 1. The third kappa shape index (κ3) is 3.75. The molecule has 2 saturated heterocycles. The maximum atomic E-state index is 10.1. The van der Waals surface area contributed by atoms with E-state index in [1.165, 1.54) is 6.42 Å². The molecule has 6 nitrogen and oxygen atoms in total. The molecule has 3 atom stereocenters. The average molecular weight is 333 g/mol. The highest BCUT2D eigenvalue weighted by Crippen LogP contribution is 2.34. The number of benzene rings is 1. The topological polar surface area (TPSA) is 75.1 Å². The molecule has 132 valence electrons. The van der Waals surface area contributed by atoms with Crippen molar-refractivity contribution >= 4 is 5.96 Å². The number of nitrogens with one attached hydrogen (secondary N) is 2. The molecule has 3 rings (SSSR count). The van der Waals surface area contributed by atoms with Gasteiger partial charge in [-0.1, -0.05) is 12.1 Å². The van der Waals surface area contributed by atoms with Crippen LogP contribution in [0.2, 0.25) is 0 Å². The highest BCUT2D eigenvalue weighted by Gasteiger charge is 2.41. The third-order valence-corrected chi connectivity index (χ3v) is 4.73. The summed E-state index contributed by atoms with van der Waals surface area (Å²) in [6.45, 7) is 3.47. The zero-order valence-electron chi connectivity index (χ0n) is 14.4. The quantitative estimate of drug-likeness (QED) is 0.547. The number of aliphatic imine (C=N–C) groups is 1. The van der Waals surface area contributed by atoms with E-state index in [9.17, 15) is 5.11 Å². The molecule has 0 spiro atoms. The molecule has 2 aliphatic rings. The van der Waals surface area contributed by atoms with Crippen LogP contribution in [-0.2, 0) is 11.2 Å². The maximum Gasteiger partial charge on any atom is 0.191 e. The Morgan fingerprint density at radius 1 is 1.42 bits per heavy atom. The number of ether oxygens (including phenoxy) is 2. The molecule has 0 amide bonds. The highest BCUT2D eigenvalue weighted by atomic mass is 16.5. The van der Waals surface area contributed by atoms with Crippen LogP contribution in [0.15, 0.2) is 23.2 Å². The molecular weight excluding hydrogens is 306 g/mol. The minimum Gasteiger partial charge on any atom is -0.504 e. The zero-order valence-corrected chi connectivity index (χ0v) is 14.4. The Balaban J connectivity index is 1.58. The van der Waals surface area contributed by atoms with Gasteiger partial charge in [-0.3, -0.25) is 4.99 Å². The lowest BCUT2D eigenvalue weighted by Crippen LogP contribution is -2.47. The van der Waals surface area contributed by atoms with E-state index in [4.69, 9.17) is 9.47 Å². The normalized spacial score (nSPS) is 25.8. The second-order valence-corrected chi connectivity index (χ2v) is 6.34. The van der Waals surface area contributed by atoms with Crippen LogP contribution < -0.4 is 15.4 Å². The fraction of sp³-hybridized carbons (Fsp3) is 0.611. The Kier molecular flexibility index (Phi) is 5.45. The first-order valence-electron chi connectivity index (χ1n) is 8.76. The van der Waals surface area contributed by atoms with E-state index in [1.54, 1.807) is 13.2 Å². The number of methoxy groups -OCH3 is 1. The van der Waals surface area contributed by atoms with Gasteiger partial charge in [0.15, 0.2) is 17.5 Å². The minimum atomic E-state index is 0.203. The molecule has 0 saturated carbocycles. The number of para-hydroxylation sites is 1. The van der Waals surface area contributed by atoms with Gasteiger partial charge in [0.1, 0.15) is 0 Å². The van der Waals surface area contributed by atoms with Crippen molar-refractivity contribution in [2.24, 2.45) is 4.99 Å². The van der Waals surface area contributed by atoms with Crippen LogP contribution >= 0.6 is 0 Å². The average Bonchev–Trinajstić information content (AvgIpc) is 3.19. The van der Waals surface area contributed by atoms with Crippen molar-refractivity contribution in [2.45, 2.75) is 50.9 Å². The van der Waals surface area contributed by atoms with E-state index in [-0.39, 0.29) is 5.75 Å². The number of fused-ring (bicyclic) bond motifs is 2. The first-order chi connectivity index (χ1) is 11.7. The van der Waals surface area contributed by atoms with Crippen LogP contribution in [0.3, 0.4) is 0 Å². The van der Waals surface area contributed by atoms with Crippen molar-refractivity contribution in [1.29, 1.82) is 0 Å². The van der Waals surface area contributed by atoms with Crippen molar-refractivity contribution in [1.82, 2.24) is 10.6 Å². The predicted molar refractivity (Wildman–Crippen MR) is 93.8 cm³/mol. The van der Waals surface area contributed by atoms with Crippen LogP contribution in [0.25, 0.3) is 0 Å². The summed E-state index contributed by atoms with van der Waals surface area (Å²) in [6.07, 6.45) is 4.79. The van der Waals surface area contributed by atoms with Crippen molar-refractivity contribution < 1.29 is 14.6 Å². The zero-order chi connectivity index (χ0) is 16.9. The molecule has 6 heteroatoms. The summed E-state index contributed by atoms with van der Waals surface area (Å²) in [5.74, 6) is 1.52. The van der Waals surface area contributed by atoms with E-state index in [0.717, 1.165) is 30.9 Å². The predicted octanol–water partition coefficient (Wildman–Crippen LogP) is 1.82. The van der Waals surface area contributed by atoms with E-state index in [2.05, 4.69) is 22.5 Å². The summed E-state index contributed by atoms with van der Waals surface area (Å²) in [5, 5.41) is 16.9. The number of hydrogen-bond donors (Lipinski definition) is 3. The van der Waals surface area contributed by atoms with Gasteiger partial charge in [-0.05, 0) is 44.2 Å². The number of guanidine groups is 1. The van der Waals surface area contributed by atoms with Crippen molar-refractivity contribution in [2.75, 3.05) is 20.2 Å². The molecule has 1 aromatic rings. The Bertz CT molecular complexity index is 591. The first kappa shape index (κ1) is 16.9. The molecule has 24 heavy (non-hydrogen) atoms. The van der Waals surface area contributed by atoms with Gasteiger partial charge >= 0.3 is 0 Å². The summed E-state index contributed by atoms with van der Waals surface area (Å²) in [7, 11) is 1.56. The molecule has 3 unspecified atom stereocenters. The van der Waals surface area contributed by atoms with E-state index < -0.39 is 0 Å². The third-order valence-electron chi connectivity index (χ3n) is 4.73. The molecule has 1 aromatic carbocycles. The van der Waals surface area contributed by atoms with Crippen molar-refractivity contribution in [3.05, 3.63) is 23.8 Å². The minimum absolute atomic E-state index is 0.203. The Hall–Kier alpha value is -1.95. The molecule has 3 N–H and O–H groups in total. The lowest BCUT2D eigenvalue weighted by molar-refractivity contribution is 0.0992. The van der Waals surface area contributed by atoms with Gasteiger partial charge in [-0.15, -0.1) is 0 Å². The van der Waals surface area contributed by atoms with Gasteiger partial charge in [0.25, 0.3) is 0 Å². The van der Waals surface area contributed by atoms with Crippen LogP contribution in [-0.4, -0.2) is 49.5 Å². The van der Waals surface area contributed by atoms with Gasteiger partial charge in [0.2, 0.25) is 0 Å². The molecule has 2 bridgehead atoms. The van der Waals surface area contributed by atoms with Crippen LogP contribution in [0, 0.1) is 0 Å². The maximum absolute atomic E-state index is 10.1. The highest BCUT2D eigenvalue weighted by molar-refractivity contribution is 5.80. The summed E-state index contributed by atoms with van der Waals surface area (Å²) in [4.78, 5) is 4.64. The summed E-state index contributed by atoms with van der Waals surface area (Å²) in [5.41, 5.74) is 0.845. The van der Waals surface area contributed by atoms with E-state index >= 15 is 0 Å². The largest absolute Gasteiger partial charge is 0.504 e. The van der Waals surface area contributed by atoms with Crippen molar-refractivity contribution in [3.63, 3.8) is 0 Å². The smallest absolute Gasteiger partial charge is 0.191 e. The Morgan fingerprint density at radius 3 is 2.96 bits per heavy atom. The van der Waals surface area contributed by atoms with Gasteiger partial charge in [-0.25, -0.2) is 0 Å². The summed E-state index contributed by atoms with van der Waals surface area (Å²) < 4.78 is 11.0. The Labute approximate surface area is 143 Å².